The molecule has 0 saturated carbocycles. The Labute approximate surface area is 88.9 Å². The Kier molecular flexibility index (Phi) is 3.50. The molecule has 1 aromatic carbocycles. The van der Waals surface area contributed by atoms with Crippen LogP contribution in [0.5, 0.6) is 0 Å². The molecule has 0 aromatic heterocycles. The summed E-state index contributed by atoms with van der Waals surface area (Å²) in [6, 6.07) is 4.47. The third kappa shape index (κ3) is 2.84. The lowest BCUT2D eigenvalue weighted by molar-refractivity contribution is 0.386. The first-order valence-electron chi connectivity index (χ1n) is 4.59. The molecule has 0 aliphatic rings. The fourth-order valence-electron chi connectivity index (χ4n) is 1.17. The maximum atomic E-state index is 12.9. The van der Waals surface area contributed by atoms with Crippen LogP contribution >= 0.6 is 0 Å². The second-order valence-corrected chi connectivity index (χ2v) is 3.19. The van der Waals surface area contributed by atoms with E-state index in [0.29, 0.717) is 11.5 Å². The quantitative estimate of drug-likeness (QED) is 0.609. The number of anilines is 1. The van der Waals surface area contributed by atoms with Gasteiger partial charge in [-0.25, -0.2) is 4.39 Å². The van der Waals surface area contributed by atoms with E-state index >= 15 is 0 Å². The molecule has 0 bridgehead atoms. The van der Waals surface area contributed by atoms with E-state index in [-0.39, 0.29) is 5.69 Å². The summed E-state index contributed by atoms with van der Waals surface area (Å²) in [6.45, 7) is 7.22. The molecular formula is C12H14FNO. The summed E-state index contributed by atoms with van der Waals surface area (Å²) in [5, 5.41) is 0. The van der Waals surface area contributed by atoms with Gasteiger partial charge >= 0.3 is 0 Å². The highest BCUT2D eigenvalue weighted by atomic mass is 19.1. The molecule has 0 aliphatic carbocycles. The van der Waals surface area contributed by atoms with E-state index < -0.39 is 5.82 Å². The lowest BCUT2D eigenvalue weighted by atomic mass is 10.1. The summed E-state index contributed by atoms with van der Waals surface area (Å²) < 4.78 is 18.3. The average molecular weight is 207 g/mol. The lowest BCUT2D eigenvalue weighted by Gasteiger charge is -2.10. The molecule has 0 atom stereocenters. The van der Waals surface area contributed by atoms with Crippen LogP contribution in [-0.2, 0) is 4.74 Å². The molecule has 15 heavy (non-hydrogen) atoms. The first-order chi connectivity index (χ1) is 7.04. The lowest BCUT2D eigenvalue weighted by Crippen LogP contribution is -1.95. The van der Waals surface area contributed by atoms with Gasteiger partial charge in [-0.05, 0) is 38.1 Å². The number of nitrogens with two attached hydrogens (primary N) is 1. The van der Waals surface area contributed by atoms with E-state index in [4.69, 9.17) is 10.5 Å². The highest BCUT2D eigenvalue weighted by Gasteiger charge is 2.05. The van der Waals surface area contributed by atoms with Gasteiger partial charge in [0.2, 0.25) is 0 Å². The Bertz CT molecular complexity index is 410. The molecule has 0 spiro atoms. The molecular weight excluding hydrogens is 193 g/mol. The van der Waals surface area contributed by atoms with Gasteiger partial charge in [-0.2, -0.15) is 0 Å². The molecule has 0 unspecified atom stereocenters. The van der Waals surface area contributed by atoms with Gasteiger partial charge in [0.25, 0.3) is 0 Å². The van der Waals surface area contributed by atoms with Gasteiger partial charge < -0.3 is 10.5 Å². The van der Waals surface area contributed by atoms with Crippen LogP contribution in [0.15, 0.2) is 36.6 Å². The van der Waals surface area contributed by atoms with E-state index in [1.54, 1.807) is 19.1 Å². The SMILES string of the molecule is C=C(C)O/C(=C\C)c1ccc(F)c(N)c1. The van der Waals surface area contributed by atoms with Gasteiger partial charge in [0.15, 0.2) is 0 Å². The minimum Gasteiger partial charge on any atom is -0.462 e. The second kappa shape index (κ2) is 4.64. The number of hydrogen-bond acceptors (Lipinski definition) is 2. The van der Waals surface area contributed by atoms with Crippen molar-refractivity contribution in [1.82, 2.24) is 0 Å². The van der Waals surface area contributed by atoms with E-state index in [2.05, 4.69) is 6.58 Å². The van der Waals surface area contributed by atoms with Gasteiger partial charge in [0.1, 0.15) is 11.6 Å². The van der Waals surface area contributed by atoms with Crippen molar-refractivity contribution in [2.24, 2.45) is 0 Å². The molecule has 0 fully saturated rings. The summed E-state index contributed by atoms with van der Waals surface area (Å²) >= 11 is 0. The van der Waals surface area contributed by atoms with Crippen molar-refractivity contribution >= 4 is 11.4 Å². The molecule has 1 aromatic rings. The normalized spacial score (nSPS) is 11.3. The summed E-state index contributed by atoms with van der Waals surface area (Å²) in [5.74, 6) is 0.768. The topological polar surface area (TPSA) is 35.2 Å². The minimum absolute atomic E-state index is 0.108. The Morgan fingerprint density at radius 3 is 2.67 bits per heavy atom. The highest BCUT2D eigenvalue weighted by molar-refractivity contribution is 5.64. The summed E-state index contributed by atoms with van der Waals surface area (Å²) in [6.07, 6.45) is 1.78. The zero-order valence-electron chi connectivity index (χ0n) is 8.88. The van der Waals surface area contributed by atoms with E-state index in [9.17, 15) is 4.39 Å². The maximum absolute atomic E-state index is 12.9. The Morgan fingerprint density at radius 1 is 1.53 bits per heavy atom. The fraction of sp³-hybridized carbons (Fsp3) is 0.167. The van der Waals surface area contributed by atoms with E-state index in [1.165, 1.54) is 12.1 Å². The van der Waals surface area contributed by atoms with Crippen molar-refractivity contribution in [2.45, 2.75) is 13.8 Å². The zero-order valence-corrected chi connectivity index (χ0v) is 8.88. The van der Waals surface area contributed by atoms with Crippen LogP contribution in [0.4, 0.5) is 10.1 Å². The van der Waals surface area contributed by atoms with Crippen LogP contribution < -0.4 is 5.73 Å². The molecule has 1 rings (SSSR count). The number of rotatable bonds is 3. The number of benzene rings is 1. The van der Waals surface area contributed by atoms with Gasteiger partial charge in [-0.1, -0.05) is 6.58 Å². The number of halogens is 1. The van der Waals surface area contributed by atoms with Crippen molar-refractivity contribution in [3.05, 3.63) is 48.0 Å². The maximum Gasteiger partial charge on any atom is 0.146 e. The molecule has 0 amide bonds. The van der Waals surface area contributed by atoms with Crippen molar-refractivity contribution in [2.75, 3.05) is 5.73 Å². The summed E-state index contributed by atoms with van der Waals surface area (Å²) in [7, 11) is 0. The van der Waals surface area contributed by atoms with Crippen LogP contribution in [0.2, 0.25) is 0 Å². The smallest absolute Gasteiger partial charge is 0.146 e. The van der Waals surface area contributed by atoms with Crippen LogP contribution in [0.1, 0.15) is 19.4 Å². The first kappa shape index (κ1) is 11.3. The number of ether oxygens (including phenoxy) is 1. The van der Waals surface area contributed by atoms with Crippen LogP contribution in [-0.4, -0.2) is 0 Å². The second-order valence-electron chi connectivity index (χ2n) is 3.19. The van der Waals surface area contributed by atoms with Crippen molar-refractivity contribution in [1.29, 1.82) is 0 Å². The predicted molar refractivity (Wildman–Crippen MR) is 60.4 cm³/mol. The number of allylic oxidation sites excluding steroid dienone is 2. The van der Waals surface area contributed by atoms with E-state index in [0.717, 1.165) is 5.56 Å². The van der Waals surface area contributed by atoms with Gasteiger partial charge in [0, 0.05) is 5.56 Å². The molecule has 0 saturated heterocycles. The standard InChI is InChI=1S/C12H14FNO/c1-4-12(15-8(2)3)9-5-6-10(13)11(14)7-9/h4-7H,2,14H2,1,3H3/b12-4-. The van der Waals surface area contributed by atoms with Gasteiger partial charge in [-0.3, -0.25) is 0 Å². The third-order valence-corrected chi connectivity index (χ3v) is 1.83. The van der Waals surface area contributed by atoms with Crippen molar-refractivity contribution < 1.29 is 9.13 Å². The van der Waals surface area contributed by atoms with Crippen molar-refractivity contribution in [3.8, 4) is 0 Å². The molecule has 0 aliphatic heterocycles. The van der Waals surface area contributed by atoms with Crippen LogP contribution in [0, 0.1) is 5.82 Å². The van der Waals surface area contributed by atoms with Crippen LogP contribution in [0.3, 0.4) is 0 Å². The molecule has 0 heterocycles. The Morgan fingerprint density at radius 2 is 2.20 bits per heavy atom. The monoisotopic (exact) mass is 207 g/mol. The third-order valence-electron chi connectivity index (χ3n) is 1.83. The zero-order chi connectivity index (χ0) is 11.4. The van der Waals surface area contributed by atoms with E-state index in [1.807, 2.05) is 6.92 Å². The first-order valence-corrected chi connectivity index (χ1v) is 4.59. The summed E-state index contributed by atoms with van der Waals surface area (Å²) in [5.41, 5.74) is 6.31. The molecule has 3 heteroatoms. The Balaban J connectivity index is 3.03. The van der Waals surface area contributed by atoms with Gasteiger partial charge in [-0.15, -0.1) is 0 Å². The highest BCUT2D eigenvalue weighted by Crippen LogP contribution is 2.22. The largest absolute Gasteiger partial charge is 0.462 e. The predicted octanol–water partition coefficient (Wildman–Crippen LogP) is 3.32. The minimum atomic E-state index is -0.426. The van der Waals surface area contributed by atoms with Crippen molar-refractivity contribution in [3.63, 3.8) is 0 Å². The fourth-order valence-corrected chi connectivity index (χ4v) is 1.17. The average Bonchev–Trinajstić information content (AvgIpc) is 2.18. The number of hydrogen-bond donors (Lipinski definition) is 1. The van der Waals surface area contributed by atoms with Crippen LogP contribution in [0.25, 0.3) is 5.76 Å². The molecule has 2 N–H and O–H groups in total. The molecule has 2 nitrogen and oxygen atoms in total. The van der Waals surface area contributed by atoms with Gasteiger partial charge in [0.05, 0.1) is 11.4 Å². The number of nitrogen functional groups attached to an aromatic ring is 1. The Hall–Kier alpha value is -1.77. The molecule has 0 radical (unpaired) electrons. The summed E-state index contributed by atoms with van der Waals surface area (Å²) in [4.78, 5) is 0. The molecule has 80 valence electrons.